The lowest BCUT2D eigenvalue weighted by molar-refractivity contribution is -0.707. The van der Waals surface area contributed by atoms with Crippen molar-refractivity contribution >= 4 is 28.3 Å². The molecule has 0 bridgehead atoms. The Morgan fingerprint density at radius 2 is 2.12 bits per heavy atom. The van der Waals surface area contributed by atoms with Gasteiger partial charge in [0.15, 0.2) is 12.4 Å². The van der Waals surface area contributed by atoms with E-state index in [0.717, 1.165) is 30.5 Å². The number of aryl methyl sites for hydroxylation is 2. The van der Waals surface area contributed by atoms with Crippen molar-refractivity contribution in [2.75, 3.05) is 0 Å². The van der Waals surface area contributed by atoms with E-state index >= 15 is 0 Å². The first-order valence-corrected chi connectivity index (χ1v) is 9.87. The Labute approximate surface area is 159 Å². The fourth-order valence-electron chi connectivity index (χ4n) is 3.97. The van der Waals surface area contributed by atoms with Crippen molar-refractivity contribution < 1.29 is 9.36 Å². The summed E-state index contributed by atoms with van der Waals surface area (Å²) < 4.78 is 4.39. The monoisotopic (exact) mass is 367 g/mol. The van der Waals surface area contributed by atoms with Gasteiger partial charge in [-0.3, -0.25) is 4.79 Å². The SMILES string of the molecule is CCCCCn1ccc2c[n+](C3CCc4ccc(Cl)cc4C3=O)ccc21. The van der Waals surface area contributed by atoms with Crippen LogP contribution in [-0.4, -0.2) is 10.4 Å². The fourth-order valence-corrected chi connectivity index (χ4v) is 4.14. The molecule has 26 heavy (non-hydrogen) atoms. The molecule has 0 saturated carbocycles. The van der Waals surface area contributed by atoms with E-state index in [4.69, 9.17) is 11.6 Å². The number of hydrogen-bond donors (Lipinski definition) is 0. The van der Waals surface area contributed by atoms with Crippen molar-refractivity contribution in [2.24, 2.45) is 0 Å². The summed E-state index contributed by atoms with van der Waals surface area (Å²) in [5, 5.41) is 1.82. The molecule has 1 aliphatic rings. The van der Waals surface area contributed by atoms with E-state index in [0.29, 0.717) is 5.02 Å². The van der Waals surface area contributed by atoms with Gasteiger partial charge in [-0.05, 0) is 36.6 Å². The van der Waals surface area contributed by atoms with Crippen molar-refractivity contribution in [2.45, 2.75) is 51.6 Å². The highest BCUT2D eigenvalue weighted by atomic mass is 35.5. The Morgan fingerprint density at radius 1 is 1.23 bits per heavy atom. The third kappa shape index (κ3) is 3.16. The molecule has 2 heterocycles. The number of fused-ring (bicyclic) bond motifs is 2. The second kappa shape index (κ2) is 7.24. The summed E-state index contributed by atoms with van der Waals surface area (Å²) in [5.74, 6) is 0.167. The topological polar surface area (TPSA) is 25.9 Å². The number of nitrogens with zero attached hydrogens (tertiary/aromatic N) is 2. The molecular weight excluding hydrogens is 344 g/mol. The largest absolute Gasteiger partial charge is 0.347 e. The van der Waals surface area contributed by atoms with Gasteiger partial charge in [-0.2, -0.15) is 4.57 Å². The minimum Gasteiger partial charge on any atom is -0.347 e. The Balaban J connectivity index is 1.62. The molecule has 0 fully saturated rings. The summed E-state index contributed by atoms with van der Waals surface area (Å²) >= 11 is 6.11. The first-order valence-electron chi connectivity index (χ1n) is 9.49. The minimum absolute atomic E-state index is 0.145. The molecule has 1 aliphatic carbocycles. The molecule has 0 amide bonds. The quantitative estimate of drug-likeness (QED) is 0.452. The summed E-state index contributed by atoms with van der Waals surface area (Å²) in [7, 11) is 0. The molecule has 0 spiro atoms. The number of unbranched alkanes of at least 4 members (excludes halogenated alkanes) is 2. The molecule has 1 unspecified atom stereocenters. The van der Waals surface area contributed by atoms with Gasteiger partial charge in [0.05, 0.1) is 10.9 Å². The average Bonchev–Trinajstić information content (AvgIpc) is 3.05. The zero-order valence-electron chi connectivity index (χ0n) is 15.1. The Kier molecular flexibility index (Phi) is 4.82. The van der Waals surface area contributed by atoms with Crippen LogP contribution < -0.4 is 4.57 Å². The lowest BCUT2D eigenvalue weighted by Crippen LogP contribution is -2.45. The van der Waals surface area contributed by atoms with E-state index in [-0.39, 0.29) is 11.8 Å². The van der Waals surface area contributed by atoms with E-state index in [9.17, 15) is 4.79 Å². The van der Waals surface area contributed by atoms with Gasteiger partial charge >= 0.3 is 0 Å². The van der Waals surface area contributed by atoms with Crippen LogP contribution in [0.2, 0.25) is 5.02 Å². The molecule has 3 aromatic rings. The lowest BCUT2D eigenvalue weighted by atomic mass is 9.87. The Hall–Kier alpha value is -2.13. The number of halogens is 1. The number of hydrogen-bond acceptors (Lipinski definition) is 1. The molecule has 0 radical (unpaired) electrons. The third-order valence-electron chi connectivity index (χ3n) is 5.42. The van der Waals surface area contributed by atoms with Gasteiger partial charge in [-0.25, -0.2) is 0 Å². The summed E-state index contributed by atoms with van der Waals surface area (Å²) in [5.41, 5.74) is 3.13. The molecule has 0 saturated heterocycles. The summed E-state index contributed by atoms with van der Waals surface area (Å²) in [6, 6.07) is 9.81. The third-order valence-corrected chi connectivity index (χ3v) is 5.66. The molecule has 4 rings (SSSR count). The number of rotatable bonds is 5. The molecule has 0 N–H and O–H groups in total. The maximum Gasteiger partial charge on any atom is 0.230 e. The molecule has 2 aromatic heterocycles. The smallest absolute Gasteiger partial charge is 0.230 e. The predicted octanol–water partition coefficient (Wildman–Crippen LogP) is 5.14. The number of carbonyl (C=O) groups is 1. The zero-order valence-corrected chi connectivity index (χ0v) is 15.9. The molecule has 134 valence electrons. The first kappa shape index (κ1) is 17.3. The van der Waals surface area contributed by atoms with E-state index in [1.165, 1.54) is 30.2 Å². The van der Waals surface area contributed by atoms with Crippen LogP contribution in [0.15, 0.2) is 48.9 Å². The molecule has 3 nitrogen and oxygen atoms in total. The standard InChI is InChI=1S/C22H24ClN2O/c1-2-3-4-11-24-12-9-17-15-25(13-10-20(17)24)21-8-6-16-5-7-18(23)14-19(16)22(21)26/h5,7,9-10,12-15,21H,2-4,6,8,11H2,1H3/q+1. The summed E-state index contributed by atoms with van der Waals surface area (Å²) in [4.78, 5) is 13.0. The van der Waals surface area contributed by atoms with Gasteiger partial charge in [0.1, 0.15) is 0 Å². The van der Waals surface area contributed by atoms with E-state index in [1.807, 2.05) is 18.2 Å². The fraction of sp³-hybridized carbons (Fsp3) is 0.364. The van der Waals surface area contributed by atoms with Crippen molar-refractivity contribution in [1.29, 1.82) is 0 Å². The van der Waals surface area contributed by atoms with Gasteiger partial charge in [-0.1, -0.05) is 37.4 Å². The van der Waals surface area contributed by atoms with E-state index < -0.39 is 0 Å². The number of benzene rings is 1. The lowest BCUT2D eigenvalue weighted by Gasteiger charge is -2.20. The number of aromatic nitrogens is 2. The Morgan fingerprint density at radius 3 is 2.96 bits per heavy atom. The highest BCUT2D eigenvalue weighted by Crippen LogP contribution is 2.28. The van der Waals surface area contributed by atoms with Crippen LogP contribution in [0.4, 0.5) is 0 Å². The van der Waals surface area contributed by atoms with E-state index in [2.05, 4.69) is 46.8 Å². The summed E-state index contributed by atoms with van der Waals surface area (Å²) in [6.07, 6.45) is 11.8. The van der Waals surface area contributed by atoms with Crippen LogP contribution in [0.5, 0.6) is 0 Å². The minimum atomic E-state index is -0.145. The van der Waals surface area contributed by atoms with Gasteiger partial charge in [0.25, 0.3) is 0 Å². The van der Waals surface area contributed by atoms with Crippen LogP contribution in [0.25, 0.3) is 10.9 Å². The molecule has 1 atom stereocenters. The number of Topliss-reactive ketones (excluding diaryl/α,β-unsaturated/α-hetero) is 1. The van der Waals surface area contributed by atoms with Crippen molar-refractivity contribution in [3.8, 4) is 0 Å². The maximum absolute atomic E-state index is 13.0. The van der Waals surface area contributed by atoms with Gasteiger partial charge < -0.3 is 4.57 Å². The second-order valence-corrected chi connectivity index (χ2v) is 7.61. The highest BCUT2D eigenvalue weighted by molar-refractivity contribution is 6.31. The number of ketones is 1. The van der Waals surface area contributed by atoms with Gasteiger partial charge in [-0.15, -0.1) is 0 Å². The molecular formula is C22H24ClN2O+. The van der Waals surface area contributed by atoms with E-state index in [1.54, 1.807) is 0 Å². The zero-order chi connectivity index (χ0) is 18.1. The normalized spacial score (nSPS) is 16.8. The van der Waals surface area contributed by atoms with Crippen LogP contribution in [0.3, 0.4) is 0 Å². The van der Waals surface area contributed by atoms with Crippen LogP contribution in [0.1, 0.15) is 54.6 Å². The molecule has 1 aromatic carbocycles. The van der Waals surface area contributed by atoms with Crippen LogP contribution >= 0.6 is 11.6 Å². The average molecular weight is 368 g/mol. The van der Waals surface area contributed by atoms with Gasteiger partial charge in [0, 0.05) is 35.8 Å². The predicted molar refractivity (Wildman–Crippen MR) is 105 cm³/mol. The van der Waals surface area contributed by atoms with Gasteiger partial charge in [0.2, 0.25) is 11.8 Å². The maximum atomic E-state index is 13.0. The Bertz CT molecular complexity index is 960. The van der Waals surface area contributed by atoms with Crippen LogP contribution in [0, 0.1) is 0 Å². The number of carbonyl (C=O) groups excluding carboxylic acids is 1. The first-order chi connectivity index (χ1) is 12.7. The number of pyridine rings is 1. The van der Waals surface area contributed by atoms with Crippen LogP contribution in [-0.2, 0) is 13.0 Å². The van der Waals surface area contributed by atoms with Crippen molar-refractivity contribution in [3.05, 3.63) is 65.1 Å². The summed E-state index contributed by atoms with van der Waals surface area (Å²) in [6.45, 7) is 3.28. The highest BCUT2D eigenvalue weighted by Gasteiger charge is 2.34. The van der Waals surface area contributed by atoms with Crippen molar-refractivity contribution in [1.82, 2.24) is 4.57 Å². The second-order valence-electron chi connectivity index (χ2n) is 7.17. The molecule has 0 aliphatic heterocycles. The van der Waals surface area contributed by atoms with Crippen molar-refractivity contribution in [3.63, 3.8) is 0 Å². The molecule has 4 heteroatoms.